The average molecular weight is 399 g/mol. The largest absolute Gasteiger partial charge is 0.461 e. The number of nitrogens with zero attached hydrogens (tertiary/aromatic N) is 3. The summed E-state index contributed by atoms with van der Waals surface area (Å²) in [6, 6.07) is 4.04. The van der Waals surface area contributed by atoms with Gasteiger partial charge >= 0.3 is 6.03 Å². The van der Waals surface area contributed by atoms with Crippen LogP contribution < -0.4 is 10.6 Å². The van der Waals surface area contributed by atoms with Crippen molar-refractivity contribution in [1.82, 2.24) is 25.4 Å². The minimum atomic E-state index is -0.323. The molecular formula is C21H26FN5O2. The number of nitrogens with one attached hydrogen (secondary N) is 2. The fourth-order valence-corrected chi connectivity index (χ4v) is 4.00. The number of hydrogen-bond donors (Lipinski definition) is 2. The van der Waals surface area contributed by atoms with Crippen molar-refractivity contribution in [2.75, 3.05) is 6.54 Å². The quantitative estimate of drug-likeness (QED) is 0.683. The van der Waals surface area contributed by atoms with Crippen LogP contribution in [-0.2, 0) is 19.4 Å². The van der Waals surface area contributed by atoms with Crippen molar-refractivity contribution in [3.63, 3.8) is 0 Å². The van der Waals surface area contributed by atoms with Crippen molar-refractivity contribution < 1.29 is 13.6 Å². The molecule has 0 spiro atoms. The van der Waals surface area contributed by atoms with Gasteiger partial charge in [-0.2, -0.15) is 0 Å². The Morgan fingerprint density at radius 2 is 2.17 bits per heavy atom. The summed E-state index contributed by atoms with van der Waals surface area (Å²) in [6.07, 6.45) is 4.98. The van der Waals surface area contributed by atoms with Gasteiger partial charge in [0.1, 0.15) is 23.0 Å². The van der Waals surface area contributed by atoms with E-state index in [9.17, 15) is 9.18 Å². The van der Waals surface area contributed by atoms with Crippen LogP contribution in [-0.4, -0.2) is 27.3 Å². The molecule has 0 unspecified atom stereocenters. The Hall–Kier alpha value is -2.90. The van der Waals surface area contributed by atoms with Crippen molar-refractivity contribution in [2.45, 2.75) is 58.5 Å². The van der Waals surface area contributed by atoms with E-state index in [1.165, 1.54) is 18.6 Å². The zero-order chi connectivity index (χ0) is 20.4. The number of fused-ring (bicyclic) bond motifs is 2. The summed E-state index contributed by atoms with van der Waals surface area (Å²) < 4.78 is 21.1. The van der Waals surface area contributed by atoms with E-state index in [0.29, 0.717) is 18.5 Å². The maximum absolute atomic E-state index is 13.4. The third kappa shape index (κ3) is 4.11. The molecule has 2 aromatic heterocycles. The molecule has 3 heterocycles. The first kappa shape index (κ1) is 19.4. The lowest BCUT2D eigenvalue weighted by molar-refractivity contribution is 0.237. The molecule has 0 radical (unpaired) electrons. The predicted octanol–water partition coefficient (Wildman–Crippen LogP) is 3.80. The van der Waals surface area contributed by atoms with E-state index in [-0.39, 0.29) is 17.9 Å². The summed E-state index contributed by atoms with van der Waals surface area (Å²) in [7, 11) is 0. The molecule has 1 aliphatic heterocycles. The van der Waals surface area contributed by atoms with Gasteiger partial charge in [-0.1, -0.05) is 6.42 Å². The Morgan fingerprint density at radius 3 is 3.03 bits per heavy atom. The van der Waals surface area contributed by atoms with Gasteiger partial charge in [0.25, 0.3) is 0 Å². The van der Waals surface area contributed by atoms with E-state index in [0.717, 1.165) is 54.2 Å². The number of rotatable bonds is 5. The minimum Gasteiger partial charge on any atom is -0.461 e. The average Bonchev–Trinajstić information content (AvgIpc) is 3.13. The van der Waals surface area contributed by atoms with Crippen LogP contribution in [0.1, 0.15) is 55.2 Å². The van der Waals surface area contributed by atoms with Crippen LogP contribution >= 0.6 is 0 Å². The second-order valence-corrected chi connectivity index (χ2v) is 7.59. The van der Waals surface area contributed by atoms with Crippen molar-refractivity contribution >= 4 is 17.0 Å². The number of aromatic nitrogens is 3. The topological polar surface area (TPSA) is 85.0 Å². The number of furan rings is 1. The molecule has 1 aromatic carbocycles. The number of amides is 2. The third-order valence-electron chi connectivity index (χ3n) is 5.49. The zero-order valence-electron chi connectivity index (χ0n) is 16.8. The number of halogens is 1. The molecule has 154 valence electrons. The van der Waals surface area contributed by atoms with Crippen LogP contribution in [0, 0.1) is 12.7 Å². The SMILES string of the molecule is Cc1oc2cc(F)ccc2c1CCNC(=O)N[C@H](C)c1nnc2n1CCCCC2. The Morgan fingerprint density at radius 1 is 1.31 bits per heavy atom. The summed E-state index contributed by atoms with van der Waals surface area (Å²) in [4.78, 5) is 12.4. The van der Waals surface area contributed by atoms with Gasteiger partial charge in [0.2, 0.25) is 0 Å². The van der Waals surface area contributed by atoms with Gasteiger partial charge in [-0.05, 0) is 45.2 Å². The highest BCUT2D eigenvalue weighted by Crippen LogP contribution is 2.26. The van der Waals surface area contributed by atoms with Gasteiger partial charge in [-0.15, -0.1) is 10.2 Å². The van der Waals surface area contributed by atoms with E-state index < -0.39 is 0 Å². The molecule has 1 aliphatic rings. The fraction of sp³-hybridized carbons (Fsp3) is 0.476. The molecule has 0 aliphatic carbocycles. The normalized spacial score (nSPS) is 15.0. The highest BCUT2D eigenvalue weighted by Gasteiger charge is 2.20. The van der Waals surface area contributed by atoms with Crippen molar-refractivity contribution in [1.29, 1.82) is 0 Å². The van der Waals surface area contributed by atoms with E-state index in [1.807, 2.05) is 13.8 Å². The molecular weight excluding hydrogens is 373 g/mol. The molecule has 0 bridgehead atoms. The van der Waals surface area contributed by atoms with Crippen LogP contribution in [0.25, 0.3) is 11.0 Å². The smallest absolute Gasteiger partial charge is 0.315 e. The maximum atomic E-state index is 13.4. The molecule has 4 rings (SSSR count). The first-order chi connectivity index (χ1) is 14.0. The van der Waals surface area contributed by atoms with Crippen LogP contribution in [0.5, 0.6) is 0 Å². The lowest BCUT2D eigenvalue weighted by Crippen LogP contribution is -2.38. The van der Waals surface area contributed by atoms with E-state index >= 15 is 0 Å². The monoisotopic (exact) mass is 399 g/mol. The van der Waals surface area contributed by atoms with E-state index in [2.05, 4.69) is 25.4 Å². The van der Waals surface area contributed by atoms with Gasteiger partial charge < -0.3 is 19.6 Å². The molecule has 29 heavy (non-hydrogen) atoms. The van der Waals surface area contributed by atoms with Gasteiger partial charge in [0, 0.05) is 36.5 Å². The zero-order valence-corrected chi connectivity index (χ0v) is 16.8. The highest BCUT2D eigenvalue weighted by molar-refractivity contribution is 5.82. The van der Waals surface area contributed by atoms with Crippen molar-refractivity contribution in [2.24, 2.45) is 0 Å². The highest BCUT2D eigenvalue weighted by atomic mass is 19.1. The maximum Gasteiger partial charge on any atom is 0.315 e. The Kier molecular flexibility index (Phi) is 5.51. The molecule has 2 N–H and O–H groups in total. The third-order valence-corrected chi connectivity index (χ3v) is 5.49. The van der Waals surface area contributed by atoms with Crippen molar-refractivity contribution in [3.05, 3.63) is 47.0 Å². The Bertz CT molecular complexity index is 1030. The molecule has 3 aromatic rings. The van der Waals surface area contributed by atoms with Crippen LogP contribution in [0.3, 0.4) is 0 Å². The van der Waals surface area contributed by atoms with Gasteiger partial charge in [-0.25, -0.2) is 9.18 Å². The first-order valence-corrected chi connectivity index (χ1v) is 10.2. The molecule has 0 saturated heterocycles. The van der Waals surface area contributed by atoms with Gasteiger partial charge in [0.15, 0.2) is 5.82 Å². The number of carbonyl (C=O) groups excluding carboxylic acids is 1. The summed E-state index contributed by atoms with van der Waals surface area (Å²) >= 11 is 0. The minimum absolute atomic E-state index is 0.228. The molecule has 8 heteroatoms. The van der Waals surface area contributed by atoms with Crippen LogP contribution in [0.2, 0.25) is 0 Å². The van der Waals surface area contributed by atoms with Crippen LogP contribution in [0.15, 0.2) is 22.6 Å². The molecule has 7 nitrogen and oxygen atoms in total. The van der Waals surface area contributed by atoms with Gasteiger partial charge in [0.05, 0.1) is 6.04 Å². The summed E-state index contributed by atoms with van der Waals surface area (Å²) in [6.45, 7) is 5.12. The fourth-order valence-electron chi connectivity index (χ4n) is 4.00. The number of carbonyl (C=O) groups is 1. The van der Waals surface area contributed by atoms with E-state index in [4.69, 9.17) is 4.42 Å². The first-order valence-electron chi connectivity index (χ1n) is 10.2. The summed E-state index contributed by atoms with van der Waals surface area (Å²) in [5.74, 6) is 2.23. The number of aryl methyl sites for hydroxylation is 2. The molecule has 1 atom stereocenters. The van der Waals surface area contributed by atoms with E-state index in [1.54, 1.807) is 6.07 Å². The summed E-state index contributed by atoms with van der Waals surface area (Å²) in [5.41, 5.74) is 1.51. The van der Waals surface area contributed by atoms with Crippen LogP contribution in [0.4, 0.5) is 9.18 Å². The lowest BCUT2D eigenvalue weighted by Gasteiger charge is -2.16. The molecule has 2 amide bonds. The second-order valence-electron chi connectivity index (χ2n) is 7.59. The van der Waals surface area contributed by atoms with Gasteiger partial charge in [-0.3, -0.25) is 0 Å². The predicted molar refractivity (Wildman–Crippen MR) is 107 cm³/mol. The number of benzene rings is 1. The standard InChI is InChI=1S/C21H26FN5O2/c1-13(20-26-25-19-6-4-3-5-11-27(19)20)24-21(28)23-10-9-16-14(2)29-18-12-15(22)7-8-17(16)18/h7-8,12-13H,3-6,9-11H2,1-2H3,(H2,23,24,28)/t13-/m1/s1. The molecule has 0 fully saturated rings. The summed E-state index contributed by atoms with van der Waals surface area (Å²) in [5, 5.41) is 15.3. The number of urea groups is 1. The Labute approximate surface area is 168 Å². The van der Waals surface area contributed by atoms with Crippen molar-refractivity contribution in [3.8, 4) is 0 Å². The Balaban J connectivity index is 1.34. The lowest BCUT2D eigenvalue weighted by atomic mass is 10.1. The molecule has 0 saturated carbocycles. The second kappa shape index (κ2) is 8.23. The number of hydrogen-bond acceptors (Lipinski definition) is 4.